The Hall–Kier alpha value is -2.04. The van der Waals surface area contributed by atoms with Crippen LogP contribution in [0, 0.1) is 0 Å². The fourth-order valence-electron chi connectivity index (χ4n) is 4.21. The van der Waals surface area contributed by atoms with E-state index in [1.165, 1.54) is 25.7 Å². The molecule has 5 nitrogen and oxygen atoms in total. The molecule has 1 N–H and O–H groups in total. The molecular formula is C18H23N3O2. The van der Waals surface area contributed by atoms with Crippen LogP contribution in [0.25, 0.3) is 11.0 Å². The number of hydrogen-bond donors (Lipinski definition) is 1. The number of rotatable bonds is 3. The molecule has 1 amide bonds. The lowest BCUT2D eigenvalue weighted by Crippen LogP contribution is -2.18. The average Bonchev–Trinajstić information content (AvgIpc) is 3.27. The van der Waals surface area contributed by atoms with Gasteiger partial charge in [0.2, 0.25) is 5.91 Å². The van der Waals surface area contributed by atoms with E-state index in [2.05, 4.69) is 16.9 Å². The standard InChI is InChI=1S/C18H23N3O2/c1-21-16-14(23-2)8-7-12(13-9-10-19-18(13)22)15(16)20-17(21)11-5-3-4-6-11/h7-8,11,13H,3-6,9-10H2,1-2H3,(H,19,22). The predicted octanol–water partition coefficient (Wildman–Crippen LogP) is 2.84. The van der Waals surface area contributed by atoms with Crippen LogP contribution in [0.1, 0.15) is 55.3 Å². The third kappa shape index (κ3) is 2.21. The molecule has 1 saturated heterocycles. The molecule has 1 saturated carbocycles. The molecule has 2 aromatic rings. The highest BCUT2D eigenvalue weighted by molar-refractivity contribution is 5.93. The Morgan fingerprint density at radius 1 is 1.26 bits per heavy atom. The normalized spacial score (nSPS) is 22.0. The number of carbonyl (C=O) groups is 1. The Labute approximate surface area is 136 Å². The second kappa shape index (κ2) is 5.55. The number of methoxy groups -OCH3 is 1. The highest BCUT2D eigenvalue weighted by Gasteiger charge is 2.31. The van der Waals surface area contributed by atoms with Crippen LogP contribution in [0.4, 0.5) is 0 Å². The molecule has 1 aliphatic carbocycles. The Kier molecular flexibility index (Phi) is 3.51. The molecule has 4 rings (SSSR count). The van der Waals surface area contributed by atoms with Crippen LogP contribution in [-0.4, -0.2) is 29.1 Å². The first-order valence-corrected chi connectivity index (χ1v) is 8.51. The van der Waals surface area contributed by atoms with Crippen molar-refractivity contribution in [2.45, 2.75) is 43.9 Å². The van der Waals surface area contributed by atoms with Crippen molar-refractivity contribution in [3.8, 4) is 5.75 Å². The minimum atomic E-state index is -0.0882. The number of benzene rings is 1. The van der Waals surface area contributed by atoms with Crippen molar-refractivity contribution < 1.29 is 9.53 Å². The van der Waals surface area contributed by atoms with Crippen molar-refractivity contribution in [1.82, 2.24) is 14.9 Å². The van der Waals surface area contributed by atoms with Gasteiger partial charge in [0.25, 0.3) is 0 Å². The highest BCUT2D eigenvalue weighted by Crippen LogP contribution is 2.39. The summed E-state index contributed by atoms with van der Waals surface area (Å²) in [5, 5.41) is 2.93. The van der Waals surface area contributed by atoms with E-state index in [0.717, 1.165) is 41.1 Å². The molecule has 2 aliphatic rings. The van der Waals surface area contributed by atoms with Gasteiger partial charge in [0.15, 0.2) is 0 Å². The fraction of sp³-hybridized carbons (Fsp3) is 0.556. The molecule has 5 heteroatoms. The summed E-state index contributed by atoms with van der Waals surface area (Å²) >= 11 is 0. The van der Waals surface area contributed by atoms with Gasteiger partial charge in [-0.25, -0.2) is 4.98 Å². The van der Waals surface area contributed by atoms with Crippen molar-refractivity contribution in [1.29, 1.82) is 0 Å². The molecule has 0 radical (unpaired) electrons. The Morgan fingerprint density at radius 3 is 2.70 bits per heavy atom. The molecule has 1 aromatic carbocycles. The minimum Gasteiger partial charge on any atom is -0.494 e. The van der Waals surface area contributed by atoms with Crippen LogP contribution in [0.5, 0.6) is 5.75 Å². The van der Waals surface area contributed by atoms with Gasteiger partial charge in [-0.05, 0) is 30.9 Å². The summed E-state index contributed by atoms with van der Waals surface area (Å²) in [5.74, 6) is 2.53. The quantitative estimate of drug-likeness (QED) is 0.948. The van der Waals surface area contributed by atoms with Gasteiger partial charge < -0.3 is 14.6 Å². The van der Waals surface area contributed by atoms with Crippen LogP contribution in [0.2, 0.25) is 0 Å². The van der Waals surface area contributed by atoms with E-state index in [1.807, 2.05) is 12.1 Å². The number of ether oxygens (including phenoxy) is 1. The van der Waals surface area contributed by atoms with E-state index in [4.69, 9.17) is 9.72 Å². The third-order valence-electron chi connectivity index (χ3n) is 5.42. The Balaban J connectivity index is 1.91. The van der Waals surface area contributed by atoms with E-state index in [9.17, 15) is 4.79 Å². The minimum absolute atomic E-state index is 0.0882. The zero-order valence-electron chi connectivity index (χ0n) is 13.8. The van der Waals surface area contributed by atoms with Gasteiger partial charge in [0.1, 0.15) is 17.1 Å². The van der Waals surface area contributed by atoms with Crippen molar-refractivity contribution in [3.05, 3.63) is 23.5 Å². The first-order valence-electron chi connectivity index (χ1n) is 8.51. The second-order valence-corrected chi connectivity index (χ2v) is 6.70. The van der Waals surface area contributed by atoms with Crippen molar-refractivity contribution in [3.63, 3.8) is 0 Å². The lowest BCUT2D eigenvalue weighted by atomic mass is 9.96. The number of carbonyl (C=O) groups excluding carboxylic acids is 1. The van der Waals surface area contributed by atoms with Gasteiger partial charge in [-0.1, -0.05) is 18.9 Å². The number of imidazole rings is 1. The molecule has 2 fully saturated rings. The lowest BCUT2D eigenvalue weighted by Gasteiger charge is -2.11. The van der Waals surface area contributed by atoms with Crippen LogP contribution in [-0.2, 0) is 11.8 Å². The lowest BCUT2D eigenvalue weighted by molar-refractivity contribution is -0.120. The van der Waals surface area contributed by atoms with Gasteiger partial charge >= 0.3 is 0 Å². The van der Waals surface area contributed by atoms with E-state index < -0.39 is 0 Å². The van der Waals surface area contributed by atoms with Gasteiger partial charge in [-0.2, -0.15) is 0 Å². The topological polar surface area (TPSA) is 56.1 Å². The molecule has 1 aliphatic heterocycles. The summed E-state index contributed by atoms with van der Waals surface area (Å²) in [4.78, 5) is 17.1. The SMILES string of the molecule is COc1ccc(C2CCNC2=O)c2nc(C3CCCC3)n(C)c12. The summed E-state index contributed by atoms with van der Waals surface area (Å²) < 4.78 is 7.75. The van der Waals surface area contributed by atoms with Gasteiger partial charge in [-0.3, -0.25) is 4.79 Å². The van der Waals surface area contributed by atoms with Crippen molar-refractivity contribution in [2.24, 2.45) is 7.05 Å². The highest BCUT2D eigenvalue weighted by atomic mass is 16.5. The molecule has 1 aromatic heterocycles. The number of nitrogens with one attached hydrogen (secondary N) is 1. The zero-order chi connectivity index (χ0) is 16.0. The van der Waals surface area contributed by atoms with E-state index in [0.29, 0.717) is 5.92 Å². The van der Waals surface area contributed by atoms with Gasteiger partial charge in [-0.15, -0.1) is 0 Å². The Bertz CT molecular complexity index is 759. The maximum absolute atomic E-state index is 12.1. The molecule has 122 valence electrons. The van der Waals surface area contributed by atoms with Crippen LogP contribution >= 0.6 is 0 Å². The number of amides is 1. The summed E-state index contributed by atoms with van der Waals surface area (Å²) in [6, 6.07) is 3.99. The molecule has 2 heterocycles. The average molecular weight is 313 g/mol. The van der Waals surface area contributed by atoms with Gasteiger partial charge in [0.05, 0.1) is 18.5 Å². The summed E-state index contributed by atoms with van der Waals surface area (Å²) in [7, 11) is 3.77. The van der Waals surface area contributed by atoms with Crippen LogP contribution < -0.4 is 10.1 Å². The zero-order valence-corrected chi connectivity index (χ0v) is 13.8. The largest absolute Gasteiger partial charge is 0.494 e. The number of aromatic nitrogens is 2. The van der Waals surface area contributed by atoms with E-state index in [1.54, 1.807) is 7.11 Å². The van der Waals surface area contributed by atoms with E-state index >= 15 is 0 Å². The summed E-state index contributed by atoms with van der Waals surface area (Å²) in [5.41, 5.74) is 3.00. The van der Waals surface area contributed by atoms with Gasteiger partial charge in [0, 0.05) is 19.5 Å². The molecule has 1 unspecified atom stereocenters. The van der Waals surface area contributed by atoms with E-state index in [-0.39, 0.29) is 11.8 Å². The van der Waals surface area contributed by atoms with Crippen LogP contribution in [0.3, 0.4) is 0 Å². The molecule has 23 heavy (non-hydrogen) atoms. The number of nitrogens with zero attached hydrogens (tertiary/aromatic N) is 2. The molecular weight excluding hydrogens is 290 g/mol. The monoisotopic (exact) mass is 313 g/mol. The molecule has 0 spiro atoms. The molecule has 1 atom stereocenters. The fourth-order valence-corrected chi connectivity index (χ4v) is 4.21. The van der Waals surface area contributed by atoms with Crippen molar-refractivity contribution >= 4 is 16.9 Å². The number of aryl methyl sites for hydroxylation is 1. The summed E-state index contributed by atoms with van der Waals surface area (Å²) in [6.45, 7) is 0.749. The first kappa shape index (κ1) is 14.5. The summed E-state index contributed by atoms with van der Waals surface area (Å²) in [6.07, 6.45) is 5.82. The number of fused-ring (bicyclic) bond motifs is 1. The Morgan fingerprint density at radius 2 is 2.04 bits per heavy atom. The van der Waals surface area contributed by atoms with Crippen molar-refractivity contribution in [2.75, 3.05) is 13.7 Å². The predicted molar refractivity (Wildman–Crippen MR) is 88.8 cm³/mol. The maximum atomic E-state index is 12.1. The third-order valence-corrected chi connectivity index (χ3v) is 5.42. The first-order chi connectivity index (χ1) is 11.2. The molecule has 0 bridgehead atoms. The van der Waals surface area contributed by atoms with Crippen LogP contribution in [0.15, 0.2) is 12.1 Å². The second-order valence-electron chi connectivity index (χ2n) is 6.70. The maximum Gasteiger partial charge on any atom is 0.227 e. The smallest absolute Gasteiger partial charge is 0.227 e. The number of hydrogen-bond acceptors (Lipinski definition) is 3.